The lowest BCUT2D eigenvalue weighted by atomic mass is 9.99. The number of nitrogens with zero attached hydrogens (tertiary/aromatic N) is 2. The number of anilines is 1. The highest BCUT2D eigenvalue weighted by molar-refractivity contribution is 7.40. The Balaban J connectivity index is 1.67. The highest BCUT2D eigenvalue weighted by Crippen LogP contribution is 2.51. The predicted octanol–water partition coefficient (Wildman–Crippen LogP) is 5.87. The summed E-state index contributed by atoms with van der Waals surface area (Å²) in [6, 6.07) is 12.2. The van der Waals surface area contributed by atoms with E-state index in [1.807, 2.05) is 31.2 Å². The van der Waals surface area contributed by atoms with Gasteiger partial charge in [-0.2, -0.15) is 8.78 Å². The normalized spacial score (nSPS) is 13.2. The van der Waals surface area contributed by atoms with Crippen LogP contribution < -0.4 is 10.5 Å². The van der Waals surface area contributed by atoms with E-state index in [1.54, 1.807) is 19.4 Å². The number of alkyl halides is 2. The lowest BCUT2D eigenvalue weighted by Gasteiger charge is -2.14. The van der Waals surface area contributed by atoms with Gasteiger partial charge in [-0.15, -0.1) is 4.52 Å². The molecule has 7 nitrogen and oxygen atoms in total. The maximum absolute atomic E-state index is 14.4. The average molecular weight is 514 g/mol. The molecule has 2 atom stereocenters. The Morgan fingerprint density at radius 1 is 1.14 bits per heavy atom. The molecule has 4 rings (SSSR count). The molecule has 0 aliphatic carbocycles. The Morgan fingerprint density at radius 3 is 2.61 bits per heavy atom. The van der Waals surface area contributed by atoms with Gasteiger partial charge in [-0.05, 0) is 77.8 Å². The second kappa shape index (κ2) is 10.4. The van der Waals surface area contributed by atoms with E-state index >= 15 is 0 Å². The summed E-state index contributed by atoms with van der Waals surface area (Å²) in [4.78, 5) is 8.81. The second-order valence-electron chi connectivity index (χ2n) is 8.47. The van der Waals surface area contributed by atoms with Gasteiger partial charge in [-0.3, -0.25) is 4.98 Å². The van der Waals surface area contributed by atoms with E-state index in [9.17, 15) is 18.5 Å². The molecule has 0 fully saturated rings. The summed E-state index contributed by atoms with van der Waals surface area (Å²) >= 11 is 0. The molecule has 36 heavy (non-hydrogen) atoms. The Morgan fingerprint density at radius 2 is 1.92 bits per heavy atom. The van der Waals surface area contributed by atoms with Gasteiger partial charge < -0.3 is 15.6 Å². The number of pyridine rings is 2. The minimum Gasteiger partial charge on any atom is -0.497 e. The minimum atomic E-state index is -3.96. The molecule has 2 unspecified atom stereocenters. The molecule has 10 heteroatoms. The Kier molecular flexibility index (Phi) is 7.45. The third kappa shape index (κ3) is 5.00. The maximum Gasteiger partial charge on any atom is 0.589 e. The number of fused-ring (bicyclic) bond motifs is 3. The van der Waals surface area contributed by atoms with Gasteiger partial charge in [0.2, 0.25) is 0 Å². The summed E-state index contributed by atoms with van der Waals surface area (Å²) in [6.45, 7) is 3.33. The van der Waals surface area contributed by atoms with Crippen molar-refractivity contribution in [3.05, 3.63) is 70.9 Å². The Bertz CT molecular complexity index is 1450. The molecule has 0 bridgehead atoms. The zero-order valence-corrected chi connectivity index (χ0v) is 21.1. The zero-order chi connectivity index (χ0) is 26.0. The van der Waals surface area contributed by atoms with Gasteiger partial charge in [0.05, 0.1) is 19.2 Å². The van der Waals surface area contributed by atoms with Crippen molar-refractivity contribution in [2.45, 2.75) is 38.5 Å². The molecule has 3 N–H and O–H groups in total. The van der Waals surface area contributed by atoms with Crippen LogP contribution >= 0.6 is 8.03 Å². The van der Waals surface area contributed by atoms with Crippen molar-refractivity contribution in [1.82, 2.24) is 9.97 Å². The van der Waals surface area contributed by atoms with E-state index in [1.165, 1.54) is 24.6 Å². The number of nitrogens with two attached hydrogens (primary N) is 1. The first-order chi connectivity index (χ1) is 17.1. The first-order valence-corrected chi connectivity index (χ1v) is 12.6. The number of aliphatic hydroxyl groups excluding tert-OH is 1. The molecular weight excluding hydrogens is 487 g/mol. The molecule has 0 radical (unpaired) electrons. The van der Waals surface area contributed by atoms with E-state index in [0.29, 0.717) is 16.4 Å². The molecular formula is C26H27F2N3O4P+. The van der Waals surface area contributed by atoms with Gasteiger partial charge in [0.15, 0.2) is 11.9 Å². The summed E-state index contributed by atoms with van der Waals surface area (Å²) in [5.74, 6) is 0.957. The molecule has 0 spiro atoms. The number of ether oxygens (including phenoxy) is 1. The Hall–Kier alpha value is -3.26. The van der Waals surface area contributed by atoms with Crippen molar-refractivity contribution in [3.63, 3.8) is 0 Å². The van der Waals surface area contributed by atoms with E-state index < -0.39 is 19.8 Å². The molecule has 0 aliphatic heterocycles. The number of aliphatic hydroxyl groups is 1. The highest BCUT2D eigenvalue weighted by Gasteiger charge is 2.60. The van der Waals surface area contributed by atoms with Gasteiger partial charge in [0.25, 0.3) is 0 Å². The molecule has 188 valence electrons. The number of aryl methyl sites for hydroxylation is 3. The van der Waals surface area contributed by atoms with Gasteiger partial charge in [-0.1, -0.05) is 18.2 Å². The fourth-order valence-corrected chi connectivity index (χ4v) is 4.89. The first kappa shape index (κ1) is 25.8. The van der Waals surface area contributed by atoms with E-state index in [4.69, 9.17) is 10.5 Å². The molecule has 0 saturated heterocycles. The summed E-state index contributed by atoms with van der Waals surface area (Å²) in [6.07, 6.45) is 0.958. The fraction of sp³-hybridized carbons (Fsp3) is 0.308. The summed E-state index contributed by atoms with van der Waals surface area (Å²) in [5, 5.41) is 11.7. The summed E-state index contributed by atoms with van der Waals surface area (Å²) < 4.78 is 50.5. The van der Waals surface area contributed by atoms with Crippen molar-refractivity contribution in [1.29, 1.82) is 0 Å². The number of benzene rings is 2. The monoisotopic (exact) mass is 514 g/mol. The van der Waals surface area contributed by atoms with Gasteiger partial charge in [-0.25, -0.2) is 4.98 Å². The molecule has 0 aliphatic rings. The van der Waals surface area contributed by atoms with Crippen LogP contribution in [-0.4, -0.2) is 34.5 Å². The van der Waals surface area contributed by atoms with Crippen molar-refractivity contribution in [3.8, 4) is 5.75 Å². The van der Waals surface area contributed by atoms with Crippen molar-refractivity contribution in [2.24, 2.45) is 0 Å². The number of aromatic nitrogens is 2. The highest BCUT2D eigenvalue weighted by atomic mass is 31.1. The molecule has 2 aromatic heterocycles. The Labute approximate surface area is 208 Å². The van der Waals surface area contributed by atoms with E-state index in [-0.39, 0.29) is 18.0 Å². The largest absolute Gasteiger partial charge is 0.589 e. The van der Waals surface area contributed by atoms with Crippen LogP contribution in [-0.2, 0) is 21.9 Å². The molecule has 4 aromatic rings. The first-order valence-electron chi connectivity index (χ1n) is 11.4. The summed E-state index contributed by atoms with van der Waals surface area (Å²) in [7, 11) is -1.76. The minimum absolute atomic E-state index is 0.138. The topological polar surface area (TPSA) is 108 Å². The zero-order valence-electron chi connectivity index (χ0n) is 20.2. The van der Waals surface area contributed by atoms with E-state index in [0.717, 1.165) is 35.1 Å². The number of hydrogen-bond donors (Lipinski definition) is 2. The predicted molar refractivity (Wildman–Crippen MR) is 136 cm³/mol. The van der Waals surface area contributed by atoms with Crippen LogP contribution in [0, 0.1) is 6.92 Å². The number of halogens is 2. The summed E-state index contributed by atoms with van der Waals surface area (Å²) in [5.41, 5.74) is 6.16. The fourth-order valence-electron chi connectivity index (χ4n) is 4.13. The number of rotatable bonds is 9. The van der Waals surface area contributed by atoms with Gasteiger partial charge in [0.1, 0.15) is 11.3 Å². The second-order valence-corrected chi connectivity index (χ2v) is 9.84. The number of methoxy groups -OCH3 is 1. The van der Waals surface area contributed by atoms with Crippen LogP contribution in [0.1, 0.15) is 35.3 Å². The van der Waals surface area contributed by atoms with Crippen LogP contribution in [0.5, 0.6) is 5.75 Å². The van der Waals surface area contributed by atoms with Gasteiger partial charge >= 0.3 is 13.7 Å². The van der Waals surface area contributed by atoms with Crippen LogP contribution in [0.3, 0.4) is 0 Å². The smallest absolute Gasteiger partial charge is 0.497 e. The maximum atomic E-state index is 14.4. The average Bonchev–Trinajstić information content (AvgIpc) is 2.87. The third-order valence-electron chi connectivity index (χ3n) is 6.11. The molecule has 0 saturated carbocycles. The lowest BCUT2D eigenvalue weighted by molar-refractivity contribution is -0.0504. The van der Waals surface area contributed by atoms with Crippen molar-refractivity contribution >= 4 is 35.7 Å². The van der Waals surface area contributed by atoms with Crippen LogP contribution in [0.15, 0.2) is 48.7 Å². The third-order valence-corrected chi connectivity index (χ3v) is 7.33. The van der Waals surface area contributed by atoms with Crippen LogP contribution in [0.4, 0.5) is 14.6 Å². The van der Waals surface area contributed by atoms with Gasteiger partial charge in [0, 0.05) is 17.0 Å². The molecule has 0 amide bonds. The molecule has 2 heterocycles. The van der Waals surface area contributed by atoms with Crippen molar-refractivity contribution < 1.29 is 27.7 Å². The van der Waals surface area contributed by atoms with Crippen LogP contribution in [0.25, 0.3) is 21.8 Å². The lowest BCUT2D eigenvalue weighted by Crippen LogP contribution is -2.22. The number of hydrogen-bond acceptors (Lipinski definition) is 7. The SMILES string of the molecule is CCO[P+](=O)C(F)(F)C(O)c1ccc2c(c1)nc(N)c1ncc(CCc3ccc(OC)cc3C)cc12. The number of nitrogen functional groups attached to an aromatic ring is 1. The van der Waals surface area contributed by atoms with Crippen LogP contribution in [0.2, 0.25) is 0 Å². The quantitative estimate of drug-likeness (QED) is 0.212. The molecule has 2 aromatic carbocycles. The standard InChI is InChI=1S/C26H27F2N3O4P/c1-4-35-36(33)26(27,28)24(32)18-8-10-20-21-12-16(14-30-23(21)25(29)31-22(20)13-18)5-6-17-7-9-19(34-3)11-15(17)2/h7-14,24,32H,4-6H2,1-3H3,(H2,29,31)/q+1. The van der Waals surface area contributed by atoms with E-state index in [2.05, 4.69) is 14.5 Å². The van der Waals surface area contributed by atoms with Crippen molar-refractivity contribution in [2.75, 3.05) is 19.5 Å².